The lowest BCUT2D eigenvalue weighted by Gasteiger charge is -2.13. The minimum absolute atomic E-state index is 0.146. The van der Waals surface area contributed by atoms with Crippen molar-refractivity contribution in [2.24, 2.45) is 0 Å². The Bertz CT molecular complexity index is 682. The number of anilines is 1. The van der Waals surface area contributed by atoms with Crippen LogP contribution in [0.5, 0.6) is 0 Å². The van der Waals surface area contributed by atoms with Gasteiger partial charge in [-0.25, -0.2) is 9.37 Å². The van der Waals surface area contributed by atoms with Gasteiger partial charge in [0.25, 0.3) is 0 Å². The van der Waals surface area contributed by atoms with Crippen molar-refractivity contribution in [3.05, 3.63) is 59.5 Å². The zero-order valence-electron chi connectivity index (χ0n) is 13.5. The number of nitrogens with one attached hydrogen (secondary N) is 1. The molecule has 1 aromatic carbocycles. The first-order valence-electron chi connectivity index (χ1n) is 7.78. The first-order chi connectivity index (χ1) is 11.6. The summed E-state index contributed by atoms with van der Waals surface area (Å²) < 4.78 is 13.8. The van der Waals surface area contributed by atoms with Crippen LogP contribution in [-0.4, -0.2) is 28.4 Å². The molecule has 1 aromatic heterocycles. The van der Waals surface area contributed by atoms with E-state index in [9.17, 15) is 9.18 Å². The summed E-state index contributed by atoms with van der Waals surface area (Å²) in [6.45, 7) is 1.97. The zero-order chi connectivity index (χ0) is 17.4. The molecule has 2 aromatic rings. The largest absolute Gasteiger partial charge is 0.396 e. The number of aliphatic hydroxyl groups excluding tert-OH is 1. The molecule has 1 heterocycles. The third-order valence-electron chi connectivity index (χ3n) is 3.52. The molecule has 1 unspecified atom stereocenters. The van der Waals surface area contributed by atoms with Gasteiger partial charge in [0.15, 0.2) is 0 Å². The molecule has 0 aliphatic rings. The van der Waals surface area contributed by atoms with Crippen LogP contribution in [0.3, 0.4) is 0 Å². The molecule has 0 aliphatic carbocycles. The Kier molecular flexibility index (Phi) is 7.21. The number of aliphatic hydroxyl groups is 1. The fraction of sp³-hybridized carbons (Fsp3) is 0.333. The van der Waals surface area contributed by atoms with Gasteiger partial charge in [-0.05, 0) is 35.2 Å². The van der Waals surface area contributed by atoms with Crippen LogP contribution in [0.15, 0.2) is 42.6 Å². The molecule has 128 valence electrons. The van der Waals surface area contributed by atoms with Gasteiger partial charge in [0.05, 0.1) is 6.61 Å². The Morgan fingerprint density at radius 2 is 2.17 bits per heavy atom. The lowest BCUT2D eigenvalue weighted by atomic mass is 9.97. The SMILES string of the molecule is CC(CC(=O)Nc1cc(CSCCO)ccn1)c1ccccc1F. The van der Waals surface area contributed by atoms with Gasteiger partial charge in [-0.1, -0.05) is 25.1 Å². The molecule has 0 saturated carbocycles. The Hall–Kier alpha value is -1.92. The van der Waals surface area contributed by atoms with Crippen LogP contribution in [0.1, 0.15) is 30.4 Å². The third-order valence-corrected chi connectivity index (χ3v) is 4.53. The summed E-state index contributed by atoms with van der Waals surface area (Å²) in [6, 6.07) is 10.2. The smallest absolute Gasteiger partial charge is 0.226 e. The molecule has 1 atom stereocenters. The van der Waals surface area contributed by atoms with Gasteiger partial charge in [0.1, 0.15) is 11.6 Å². The minimum atomic E-state index is -0.293. The number of hydrogen-bond donors (Lipinski definition) is 2. The molecule has 0 aliphatic heterocycles. The molecule has 0 saturated heterocycles. The van der Waals surface area contributed by atoms with Crippen LogP contribution in [0, 0.1) is 5.82 Å². The monoisotopic (exact) mass is 348 g/mol. The fourth-order valence-electron chi connectivity index (χ4n) is 2.34. The predicted octanol–water partition coefficient (Wildman–Crippen LogP) is 3.58. The van der Waals surface area contributed by atoms with Crippen molar-refractivity contribution in [1.82, 2.24) is 4.98 Å². The average molecular weight is 348 g/mol. The van der Waals surface area contributed by atoms with E-state index in [2.05, 4.69) is 10.3 Å². The molecule has 0 fully saturated rings. The van der Waals surface area contributed by atoms with Crippen molar-refractivity contribution in [1.29, 1.82) is 0 Å². The van der Waals surface area contributed by atoms with Gasteiger partial charge in [-0.15, -0.1) is 0 Å². The molecule has 2 N–H and O–H groups in total. The normalized spacial score (nSPS) is 12.0. The lowest BCUT2D eigenvalue weighted by Crippen LogP contribution is -2.15. The number of nitrogens with zero attached hydrogens (tertiary/aromatic N) is 1. The van der Waals surface area contributed by atoms with Gasteiger partial charge >= 0.3 is 0 Å². The van der Waals surface area contributed by atoms with Gasteiger partial charge in [0, 0.05) is 24.1 Å². The Morgan fingerprint density at radius 1 is 1.38 bits per heavy atom. The maximum Gasteiger partial charge on any atom is 0.226 e. The number of pyridine rings is 1. The molecule has 1 amide bonds. The summed E-state index contributed by atoms with van der Waals surface area (Å²) in [5.74, 6) is 1.21. The van der Waals surface area contributed by atoms with Gasteiger partial charge in [-0.3, -0.25) is 4.79 Å². The van der Waals surface area contributed by atoms with E-state index in [1.54, 1.807) is 36.2 Å². The van der Waals surface area contributed by atoms with E-state index in [-0.39, 0.29) is 30.7 Å². The summed E-state index contributed by atoms with van der Waals surface area (Å²) in [7, 11) is 0. The number of halogens is 1. The van der Waals surface area contributed by atoms with Crippen molar-refractivity contribution < 1.29 is 14.3 Å². The van der Waals surface area contributed by atoms with E-state index in [1.165, 1.54) is 6.07 Å². The van der Waals surface area contributed by atoms with E-state index in [4.69, 9.17) is 5.11 Å². The third kappa shape index (κ3) is 5.62. The summed E-state index contributed by atoms with van der Waals surface area (Å²) >= 11 is 1.61. The number of hydrogen-bond acceptors (Lipinski definition) is 4. The molecule has 24 heavy (non-hydrogen) atoms. The summed E-state index contributed by atoms with van der Waals surface area (Å²) in [6.07, 6.45) is 1.83. The first-order valence-corrected chi connectivity index (χ1v) is 8.93. The molecule has 4 nitrogen and oxygen atoms in total. The van der Waals surface area contributed by atoms with Gasteiger partial charge < -0.3 is 10.4 Å². The number of carbonyl (C=O) groups is 1. The van der Waals surface area contributed by atoms with Crippen LogP contribution in [0.25, 0.3) is 0 Å². The summed E-state index contributed by atoms with van der Waals surface area (Å²) in [5, 5.41) is 11.6. The number of thioether (sulfide) groups is 1. The quantitative estimate of drug-likeness (QED) is 0.716. The predicted molar refractivity (Wildman–Crippen MR) is 95.5 cm³/mol. The molecule has 0 radical (unpaired) electrons. The first kappa shape index (κ1) is 18.4. The number of aromatic nitrogens is 1. The van der Waals surface area contributed by atoms with Crippen LogP contribution in [-0.2, 0) is 10.5 Å². The standard InChI is InChI=1S/C18H21FN2O2S/c1-13(15-4-2-3-5-16(15)19)10-18(23)21-17-11-14(6-7-20-17)12-24-9-8-22/h2-7,11,13,22H,8-10,12H2,1H3,(H,20,21,23). The molecular weight excluding hydrogens is 327 g/mol. The van der Waals surface area contributed by atoms with Gasteiger partial charge in [-0.2, -0.15) is 11.8 Å². The van der Waals surface area contributed by atoms with E-state index in [1.807, 2.05) is 19.1 Å². The lowest BCUT2D eigenvalue weighted by molar-refractivity contribution is -0.116. The molecular formula is C18H21FN2O2S. The van der Waals surface area contributed by atoms with Crippen LogP contribution in [0.4, 0.5) is 10.2 Å². The van der Waals surface area contributed by atoms with Crippen molar-refractivity contribution in [2.45, 2.75) is 25.0 Å². The highest BCUT2D eigenvalue weighted by Gasteiger charge is 2.15. The van der Waals surface area contributed by atoms with Crippen molar-refractivity contribution in [3.8, 4) is 0 Å². The van der Waals surface area contributed by atoms with Gasteiger partial charge in [0.2, 0.25) is 5.91 Å². The van der Waals surface area contributed by atoms with Crippen molar-refractivity contribution in [2.75, 3.05) is 17.7 Å². The van der Waals surface area contributed by atoms with Crippen molar-refractivity contribution >= 4 is 23.5 Å². The Balaban J connectivity index is 1.92. The second kappa shape index (κ2) is 9.39. The van der Waals surface area contributed by atoms with E-state index < -0.39 is 0 Å². The summed E-state index contributed by atoms with van der Waals surface area (Å²) in [5.41, 5.74) is 1.57. The van der Waals surface area contributed by atoms with Crippen LogP contribution in [0.2, 0.25) is 0 Å². The highest BCUT2D eigenvalue weighted by atomic mass is 32.2. The van der Waals surface area contributed by atoms with Crippen LogP contribution < -0.4 is 5.32 Å². The van der Waals surface area contributed by atoms with E-state index in [0.29, 0.717) is 17.1 Å². The number of benzene rings is 1. The second-order valence-electron chi connectivity index (χ2n) is 5.50. The highest BCUT2D eigenvalue weighted by Crippen LogP contribution is 2.22. The molecule has 2 rings (SSSR count). The van der Waals surface area contributed by atoms with Crippen LogP contribution >= 0.6 is 11.8 Å². The molecule has 0 bridgehead atoms. The fourth-order valence-corrected chi connectivity index (χ4v) is 3.03. The maximum absolute atomic E-state index is 13.8. The zero-order valence-corrected chi connectivity index (χ0v) is 14.4. The molecule has 0 spiro atoms. The minimum Gasteiger partial charge on any atom is -0.396 e. The van der Waals surface area contributed by atoms with E-state index in [0.717, 1.165) is 11.3 Å². The highest BCUT2D eigenvalue weighted by molar-refractivity contribution is 7.98. The molecule has 6 heteroatoms. The van der Waals surface area contributed by atoms with E-state index >= 15 is 0 Å². The second-order valence-corrected chi connectivity index (χ2v) is 6.61. The number of rotatable bonds is 8. The maximum atomic E-state index is 13.8. The number of carbonyl (C=O) groups excluding carboxylic acids is 1. The Morgan fingerprint density at radius 3 is 2.92 bits per heavy atom. The average Bonchev–Trinajstić information content (AvgIpc) is 2.55. The van der Waals surface area contributed by atoms with Crippen molar-refractivity contribution in [3.63, 3.8) is 0 Å². The topological polar surface area (TPSA) is 62.2 Å². The number of amides is 1. The Labute approximate surface area is 145 Å². The summed E-state index contributed by atoms with van der Waals surface area (Å²) in [4.78, 5) is 16.3.